The molecule has 4 rings (SSSR count). The van der Waals surface area contributed by atoms with Crippen molar-refractivity contribution in [3.8, 4) is 11.5 Å². The summed E-state index contributed by atoms with van der Waals surface area (Å²) in [4.78, 5) is 13.6. The summed E-state index contributed by atoms with van der Waals surface area (Å²) in [5.74, 6) is 1.09. The van der Waals surface area contributed by atoms with E-state index >= 15 is 0 Å². The number of nitrogens with one attached hydrogen (secondary N) is 2. The zero-order valence-electron chi connectivity index (χ0n) is 19.4. The van der Waals surface area contributed by atoms with Crippen LogP contribution < -0.4 is 20.1 Å². The van der Waals surface area contributed by atoms with Gasteiger partial charge in [0.1, 0.15) is 23.9 Å². The zero-order valence-corrected chi connectivity index (χ0v) is 20.1. The van der Waals surface area contributed by atoms with Gasteiger partial charge < -0.3 is 25.0 Å². The number of Topliss-reactive ketones (excluding diaryl/α,β-unsaturated/α-hetero) is 1. The van der Waals surface area contributed by atoms with Crippen molar-refractivity contribution >= 4 is 28.8 Å². The molecule has 2 aliphatic heterocycles. The molecule has 0 spiro atoms. The van der Waals surface area contributed by atoms with Crippen molar-refractivity contribution in [2.24, 2.45) is 5.92 Å². The van der Waals surface area contributed by atoms with Crippen LogP contribution in [0.2, 0.25) is 5.02 Å². The van der Waals surface area contributed by atoms with Crippen LogP contribution in [0.1, 0.15) is 24.0 Å². The number of halogens is 2. The van der Waals surface area contributed by atoms with Gasteiger partial charge in [0, 0.05) is 59.9 Å². The first-order valence-electron chi connectivity index (χ1n) is 11.3. The highest BCUT2D eigenvalue weighted by Gasteiger charge is 2.30. The van der Waals surface area contributed by atoms with Crippen LogP contribution >= 0.6 is 11.6 Å². The normalized spacial score (nSPS) is 16.7. The maximum Gasteiger partial charge on any atom is 0.189 e. The molecule has 180 valence electrons. The molecule has 0 aromatic heterocycles. The summed E-state index contributed by atoms with van der Waals surface area (Å²) >= 11 is 6.21. The molecule has 1 fully saturated rings. The van der Waals surface area contributed by atoms with Gasteiger partial charge in [-0.1, -0.05) is 31.2 Å². The third-order valence-electron chi connectivity index (χ3n) is 6.07. The fourth-order valence-corrected chi connectivity index (χ4v) is 4.24. The summed E-state index contributed by atoms with van der Waals surface area (Å²) in [7, 11) is 1.86. The second-order valence-corrected chi connectivity index (χ2v) is 9.09. The first kappa shape index (κ1) is 24.0. The van der Waals surface area contributed by atoms with Crippen molar-refractivity contribution in [3.63, 3.8) is 0 Å². The maximum atomic E-state index is 14.8. The first-order valence-corrected chi connectivity index (χ1v) is 11.7. The Kier molecular flexibility index (Phi) is 7.32. The van der Waals surface area contributed by atoms with Crippen LogP contribution in [0.25, 0.3) is 5.70 Å². The molecule has 2 aliphatic rings. The monoisotopic (exact) mass is 485 g/mol. The number of benzene rings is 2. The average Bonchev–Trinajstić information content (AvgIpc) is 2.97. The van der Waals surface area contributed by atoms with Gasteiger partial charge in [0.05, 0.1) is 18.8 Å². The molecule has 2 aromatic carbocycles. The molecule has 0 saturated carbocycles. The van der Waals surface area contributed by atoms with Crippen LogP contribution in [0.3, 0.4) is 0 Å². The van der Waals surface area contributed by atoms with Crippen LogP contribution in [0, 0.1) is 11.7 Å². The van der Waals surface area contributed by atoms with Crippen molar-refractivity contribution in [1.29, 1.82) is 0 Å². The molecule has 2 N–H and O–H groups in total. The van der Waals surface area contributed by atoms with Crippen molar-refractivity contribution in [3.05, 3.63) is 71.2 Å². The Balaban J connectivity index is 1.36. The smallest absolute Gasteiger partial charge is 0.189 e. The summed E-state index contributed by atoms with van der Waals surface area (Å²) in [6.07, 6.45) is 3.95. The van der Waals surface area contributed by atoms with E-state index in [1.165, 1.54) is 6.07 Å². The van der Waals surface area contributed by atoms with E-state index in [0.29, 0.717) is 40.2 Å². The number of nitrogens with zero attached hydrogens (tertiary/aromatic N) is 1. The third-order valence-corrected chi connectivity index (χ3v) is 6.31. The first-order chi connectivity index (χ1) is 16.4. The lowest BCUT2D eigenvalue weighted by Gasteiger charge is -2.42. The summed E-state index contributed by atoms with van der Waals surface area (Å²) in [5.41, 5.74) is 2.63. The lowest BCUT2D eigenvalue weighted by atomic mass is 9.97. The van der Waals surface area contributed by atoms with Crippen LogP contribution in [0.4, 0.5) is 10.1 Å². The molecule has 34 heavy (non-hydrogen) atoms. The van der Waals surface area contributed by atoms with Gasteiger partial charge in [-0.3, -0.25) is 4.79 Å². The fraction of sp³-hybridized carbons (Fsp3) is 0.346. The lowest BCUT2D eigenvalue weighted by molar-refractivity contribution is -0.119. The number of fused-ring (bicyclic) bond motifs is 1. The number of hydrogen-bond donors (Lipinski definition) is 2. The van der Waals surface area contributed by atoms with Crippen LogP contribution in [0.15, 0.2) is 49.2 Å². The van der Waals surface area contributed by atoms with E-state index in [-0.39, 0.29) is 24.9 Å². The van der Waals surface area contributed by atoms with E-state index in [1.54, 1.807) is 6.07 Å². The molecule has 1 atom stereocenters. The molecular weight excluding hydrogens is 457 g/mol. The Labute approximate surface area is 204 Å². The van der Waals surface area contributed by atoms with E-state index in [0.717, 1.165) is 24.4 Å². The van der Waals surface area contributed by atoms with Crippen LogP contribution in [0.5, 0.6) is 11.5 Å². The number of ether oxygens (including phenoxy) is 2. The minimum Gasteiger partial charge on any atom is -0.493 e. The highest BCUT2D eigenvalue weighted by Crippen LogP contribution is 2.36. The summed E-state index contributed by atoms with van der Waals surface area (Å²) in [6, 6.07) is 8.64. The highest BCUT2D eigenvalue weighted by molar-refractivity contribution is 6.30. The molecule has 0 amide bonds. The molecule has 1 unspecified atom stereocenters. The van der Waals surface area contributed by atoms with E-state index < -0.39 is 5.82 Å². The van der Waals surface area contributed by atoms with Gasteiger partial charge in [-0.2, -0.15) is 0 Å². The topological polar surface area (TPSA) is 62.8 Å². The van der Waals surface area contributed by atoms with Crippen molar-refractivity contribution < 1.29 is 18.7 Å². The molecule has 0 bridgehead atoms. The number of carbonyl (C=O) groups is 1. The minimum absolute atomic E-state index is 0.0621. The van der Waals surface area contributed by atoms with Crippen LogP contribution in [-0.4, -0.2) is 50.6 Å². The SMILES string of the molecule is C=C(c1cc2c(cc1F)OCC(=O)CN2)N1CC(COc2ccc(Cl)cc2C(C)/C=C\NC)C1. The summed E-state index contributed by atoms with van der Waals surface area (Å²) in [6.45, 7) is 8.27. The number of hydrogen-bond acceptors (Lipinski definition) is 6. The Morgan fingerprint density at radius 1 is 1.41 bits per heavy atom. The van der Waals surface area contributed by atoms with Gasteiger partial charge in [0.15, 0.2) is 5.78 Å². The molecular formula is C26H29ClFN3O3. The maximum absolute atomic E-state index is 14.8. The molecule has 2 aromatic rings. The third kappa shape index (κ3) is 5.30. The van der Waals surface area contributed by atoms with Gasteiger partial charge in [-0.15, -0.1) is 0 Å². The second kappa shape index (κ2) is 10.4. The standard InChI is InChI=1S/C26H29ClFN3O3/c1-16(6-7-29-3)21-8-19(27)4-5-25(21)33-14-18-12-31(13-18)17(2)22-9-24-26(10-23(22)28)34-15-20(32)11-30-24/h4-10,16,18,29-30H,2,11-15H2,1,3H3/b7-6-. The highest BCUT2D eigenvalue weighted by atomic mass is 35.5. The average molecular weight is 486 g/mol. The number of ketones is 1. The molecule has 8 heteroatoms. The van der Waals surface area contributed by atoms with Crippen molar-refractivity contribution in [2.75, 3.05) is 45.2 Å². The Morgan fingerprint density at radius 3 is 2.97 bits per heavy atom. The van der Waals surface area contributed by atoms with Gasteiger partial charge >= 0.3 is 0 Å². The number of likely N-dealkylation sites (tertiary alicyclic amines) is 1. The Bertz CT molecular complexity index is 1110. The molecule has 1 saturated heterocycles. The number of carbonyl (C=O) groups excluding carboxylic acids is 1. The fourth-order valence-electron chi connectivity index (χ4n) is 4.06. The van der Waals surface area contributed by atoms with Crippen LogP contribution in [-0.2, 0) is 4.79 Å². The Morgan fingerprint density at radius 2 is 2.21 bits per heavy atom. The molecule has 0 radical (unpaired) electrons. The van der Waals surface area contributed by atoms with E-state index in [4.69, 9.17) is 21.1 Å². The predicted octanol–water partition coefficient (Wildman–Crippen LogP) is 4.67. The second-order valence-electron chi connectivity index (χ2n) is 8.66. The van der Waals surface area contributed by atoms with Gasteiger partial charge in [0.25, 0.3) is 0 Å². The van der Waals surface area contributed by atoms with E-state index in [9.17, 15) is 9.18 Å². The zero-order chi connectivity index (χ0) is 24.2. The number of rotatable bonds is 8. The Hall–Kier alpha value is -3.19. The molecule has 6 nitrogen and oxygen atoms in total. The van der Waals surface area contributed by atoms with Crippen molar-refractivity contribution in [1.82, 2.24) is 10.2 Å². The predicted molar refractivity (Wildman–Crippen MR) is 133 cm³/mol. The van der Waals surface area contributed by atoms with Crippen molar-refractivity contribution in [2.45, 2.75) is 12.8 Å². The van der Waals surface area contributed by atoms with E-state index in [1.807, 2.05) is 36.3 Å². The number of anilines is 1. The summed E-state index contributed by atoms with van der Waals surface area (Å²) < 4.78 is 26.3. The van der Waals surface area contributed by atoms with E-state index in [2.05, 4.69) is 30.2 Å². The quantitative estimate of drug-likeness (QED) is 0.566. The number of allylic oxidation sites excluding steroid dienone is 1. The van der Waals surface area contributed by atoms with Gasteiger partial charge in [-0.05, 0) is 30.5 Å². The minimum atomic E-state index is -0.422. The van der Waals surface area contributed by atoms with Gasteiger partial charge in [0.2, 0.25) is 0 Å². The molecule has 0 aliphatic carbocycles. The largest absolute Gasteiger partial charge is 0.493 e. The summed E-state index contributed by atoms with van der Waals surface area (Å²) in [5, 5.41) is 6.69. The molecule has 2 heterocycles. The van der Waals surface area contributed by atoms with Gasteiger partial charge in [-0.25, -0.2) is 4.39 Å². The lowest BCUT2D eigenvalue weighted by Crippen LogP contribution is -2.47.